The molecular weight excluding hydrogens is 252 g/mol. The van der Waals surface area contributed by atoms with Gasteiger partial charge in [-0.05, 0) is 18.8 Å². The van der Waals surface area contributed by atoms with E-state index in [0.29, 0.717) is 5.92 Å². The highest BCUT2D eigenvalue weighted by Crippen LogP contribution is 2.20. The minimum absolute atomic E-state index is 0.0621. The average Bonchev–Trinajstić information content (AvgIpc) is 2.41. The van der Waals surface area contributed by atoms with E-state index in [4.69, 9.17) is 0 Å². The highest BCUT2D eigenvalue weighted by molar-refractivity contribution is 5.84. The van der Waals surface area contributed by atoms with Crippen LogP contribution in [0.25, 0.3) is 0 Å². The van der Waals surface area contributed by atoms with Gasteiger partial charge in [-0.25, -0.2) is 9.97 Å². The molecular formula is C15H24N4O. The summed E-state index contributed by atoms with van der Waals surface area (Å²) in [6, 6.07) is 1.77. The number of carbonyl (C=O) groups is 1. The van der Waals surface area contributed by atoms with Crippen LogP contribution in [0.1, 0.15) is 63.9 Å². The minimum atomic E-state index is -0.182. The molecule has 0 saturated carbocycles. The zero-order chi connectivity index (χ0) is 14.7. The quantitative estimate of drug-likeness (QED) is 0.886. The third-order valence-electron chi connectivity index (χ3n) is 3.48. The summed E-state index contributed by atoms with van der Waals surface area (Å²) < 4.78 is 0. The second kappa shape index (κ2) is 6.20. The molecule has 1 fully saturated rings. The number of carbonyl (C=O) groups excluding carboxylic acids is 1. The Kier molecular flexibility index (Phi) is 4.57. The highest BCUT2D eigenvalue weighted by Gasteiger charge is 2.22. The number of aromatic nitrogens is 2. The van der Waals surface area contributed by atoms with E-state index in [0.717, 1.165) is 36.7 Å². The number of hydrogen-bond acceptors (Lipinski definition) is 4. The molecule has 0 spiro atoms. The number of amides is 1. The Morgan fingerprint density at radius 2 is 2.00 bits per heavy atom. The Morgan fingerprint density at radius 1 is 1.25 bits per heavy atom. The van der Waals surface area contributed by atoms with Gasteiger partial charge in [-0.15, -0.1) is 0 Å². The van der Waals surface area contributed by atoms with Gasteiger partial charge >= 0.3 is 0 Å². The molecule has 0 aromatic carbocycles. The van der Waals surface area contributed by atoms with Gasteiger partial charge < -0.3 is 10.6 Å². The van der Waals surface area contributed by atoms with Crippen LogP contribution < -0.4 is 10.6 Å². The molecule has 2 heterocycles. The number of piperidine rings is 1. The van der Waals surface area contributed by atoms with Gasteiger partial charge in [0.05, 0.1) is 0 Å². The Labute approximate surface area is 120 Å². The maximum Gasteiger partial charge on any atom is 0.242 e. The van der Waals surface area contributed by atoms with E-state index in [2.05, 4.69) is 48.3 Å². The summed E-state index contributed by atoms with van der Waals surface area (Å²) in [5.41, 5.74) is 1.02. The fourth-order valence-corrected chi connectivity index (χ4v) is 2.20. The monoisotopic (exact) mass is 276 g/mol. The van der Waals surface area contributed by atoms with Gasteiger partial charge in [0.2, 0.25) is 5.91 Å². The van der Waals surface area contributed by atoms with Crippen LogP contribution in [0.4, 0.5) is 5.82 Å². The van der Waals surface area contributed by atoms with E-state index in [1.165, 1.54) is 0 Å². The third-order valence-corrected chi connectivity index (χ3v) is 3.48. The van der Waals surface area contributed by atoms with Gasteiger partial charge in [-0.2, -0.15) is 0 Å². The maximum atomic E-state index is 11.8. The molecule has 5 heteroatoms. The van der Waals surface area contributed by atoms with Gasteiger partial charge in [0, 0.05) is 24.2 Å². The van der Waals surface area contributed by atoms with Gasteiger partial charge in [0.15, 0.2) is 0 Å². The lowest BCUT2D eigenvalue weighted by Gasteiger charge is -2.24. The molecule has 1 amide bonds. The Hall–Kier alpha value is -1.65. The average molecular weight is 276 g/mol. The summed E-state index contributed by atoms with van der Waals surface area (Å²) in [5.74, 6) is 2.27. The number of anilines is 1. The molecule has 1 aliphatic heterocycles. The van der Waals surface area contributed by atoms with Crippen molar-refractivity contribution in [3.05, 3.63) is 17.6 Å². The predicted molar refractivity (Wildman–Crippen MR) is 79.9 cm³/mol. The molecule has 0 bridgehead atoms. The third kappa shape index (κ3) is 3.46. The Balaban J connectivity index is 2.23. The highest BCUT2D eigenvalue weighted by atomic mass is 16.2. The molecule has 0 unspecified atom stereocenters. The molecule has 110 valence electrons. The van der Waals surface area contributed by atoms with Crippen LogP contribution in [-0.2, 0) is 4.79 Å². The van der Waals surface area contributed by atoms with Crippen molar-refractivity contribution in [3.63, 3.8) is 0 Å². The first-order valence-electron chi connectivity index (χ1n) is 7.40. The van der Waals surface area contributed by atoms with Crippen LogP contribution >= 0.6 is 0 Å². The van der Waals surface area contributed by atoms with Gasteiger partial charge in [-0.3, -0.25) is 4.79 Å². The fourth-order valence-electron chi connectivity index (χ4n) is 2.20. The summed E-state index contributed by atoms with van der Waals surface area (Å²) in [4.78, 5) is 21.0. The Morgan fingerprint density at radius 3 is 2.60 bits per heavy atom. The van der Waals surface area contributed by atoms with Crippen LogP contribution in [-0.4, -0.2) is 28.5 Å². The van der Waals surface area contributed by atoms with Crippen LogP contribution in [0.3, 0.4) is 0 Å². The lowest BCUT2D eigenvalue weighted by atomic mass is 10.1. The maximum absolute atomic E-state index is 11.8. The molecule has 0 aliphatic carbocycles. The van der Waals surface area contributed by atoms with Crippen molar-refractivity contribution < 1.29 is 4.79 Å². The fraction of sp³-hybridized carbons (Fsp3) is 0.667. The first-order chi connectivity index (χ1) is 9.47. The zero-order valence-corrected chi connectivity index (χ0v) is 12.7. The summed E-state index contributed by atoms with van der Waals surface area (Å²) in [6.07, 6.45) is 1.85. The van der Waals surface area contributed by atoms with Crippen molar-refractivity contribution >= 4 is 11.7 Å². The number of hydrogen-bond donors (Lipinski definition) is 2. The number of nitrogens with zero attached hydrogens (tertiary/aromatic N) is 2. The molecule has 5 nitrogen and oxygen atoms in total. The van der Waals surface area contributed by atoms with Crippen molar-refractivity contribution in [1.82, 2.24) is 15.3 Å². The molecule has 1 saturated heterocycles. The van der Waals surface area contributed by atoms with E-state index >= 15 is 0 Å². The van der Waals surface area contributed by atoms with Crippen molar-refractivity contribution in [2.24, 2.45) is 0 Å². The van der Waals surface area contributed by atoms with Crippen LogP contribution in [0.2, 0.25) is 0 Å². The summed E-state index contributed by atoms with van der Waals surface area (Å²) in [6.45, 7) is 9.16. The molecule has 2 N–H and O–H groups in total. The molecule has 20 heavy (non-hydrogen) atoms. The van der Waals surface area contributed by atoms with Crippen molar-refractivity contribution in [2.75, 3.05) is 11.9 Å². The topological polar surface area (TPSA) is 66.9 Å². The van der Waals surface area contributed by atoms with Crippen LogP contribution in [0.5, 0.6) is 0 Å². The second-order valence-corrected chi connectivity index (χ2v) is 5.98. The van der Waals surface area contributed by atoms with Gasteiger partial charge in [-0.1, -0.05) is 27.7 Å². The number of nitrogens with one attached hydrogen (secondary N) is 2. The first-order valence-corrected chi connectivity index (χ1v) is 7.40. The summed E-state index contributed by atoms with van der Waals surface area (Å²) in [7, 11) is 0. The molecule has 2 rings (SSSR count). The lowest BCUT2D eigenvalue weighted by Crippen LogP contribution is -2.44. The van der Waals surface area contributed by atoms with E-state index in [1.54, 1.807) is 0 Å². The second-order valence-electron chi connectivity index (χ2n) is 5.98. The summed E-state index contributed by atoms with van der Waals surface area (Å²) in [5, 5.41) is 6.14. The van der Waals surface area contributed by atoms with Crippen molar-refractivity contribution in [1.29, 1.82) is 0 Å². The predicted octanol–water partition coefficient (Wildman–Crippen LogP) is 2.41. The molecule has 1 aromatic heterocycles. The molecule has 1 atom stereocenters. The van der Waals surface area contributed by atoms with E-state index in [9.17, 15) is 4.79 Å². The summed E-state index contributed by atoms with van der Waals surface area (Å²) >= 11 is 0. The first kappa shape index (κ1) is 14.8. The van der Waals surface area contributed by atoms with Crippen LogP contribution in [0.15, 0.2) is 6.07 Å². The van der Waals surface area contributed by atoms with Crippen LogP contribution in [0, 0.1) is 0 Å². The molecule has 1 aliphatic rings. The smallest absolute Gasteiger partial charge is 0.242 e. The van der Waals surface area contributed by atoms with E-state index in [1.807, 2.05) is 6.07 Å². The number of rotatable bonds is 4. The largest absolute Gasteiger partial charge is 0.358 e. The molecule has 1 aromatic rings. The Bertz CT molecular complexity index is 459. The van der Waals surface area contributed by atoms with Gasteiger partial charge in [0.25, 0.3) is 0 Å². The molecule has 0 radical (unpaired) electrons. The standard InChI is InChI=1S/C15H24N4O/c1-9(2)12-8-13(19-14(18-12)10(3)4)17-11-6-5-7-16-15(11)20/h8-11H,5-7H2,1-4H3,(H,16,20)(H,17,18,19)/t11-/m0/s1. The minimum Gasteiger partial charge on any atom is -0.358 e. The SMILES string of the molecule is CC(C)c1cc(N[C@H]2CCCNC2=O)nc(C(C)C)n1. The van der Waals surface area contributed by atoms with Crippen molar-refractivity contribution in [3.8, 4) is 0 Å². The van der Waals surface area contributed by atoms with Gasteiger partial charge in [0.1, 0.15) is 17.7 Å². The lowest BCUT2D eigenvalue weighted by molar-refractivity contribution is -0.123. The van der Waals surface area contributed by atoms with E-state index < -0.39 is 0 Å². The van der Waals surface area contributed by atoms with E-state index in [-0.39, 0.29) is 17.9 Å². The zero-order valence-electron chi connectivity index (χ0n) is 12.7. The normalized spacial score (nSPS) is 19.3. The van der Waals surface area contributed by atoms with Crippen molar-refractivity contribution in [2.45, 2.75) is 58.4 Å².